The molecule has 1 unspecified atom stereocenters. The Morgan fingerprint density at radius 1 is 0.947 bits per heavy atom. The zero-order chi connectivity index (χ0) is 13.9. The van der Waals surface area contributed by atoms with Crippen LogP contribution in [0.5, 0.6) is 0 Å². The Bertz CT molecular complexity index is 674. The van der Waals surface area contributed by atoms with Crippen LogP contribution < -0.4 is 0 Å². The van der Waals surface area contributed by atoms with Crippen LogP contribution in [0.4, 0.5) is 0 Å². The average molecular weight is 294 g/mol. The molecule has 0 spiro atoms. The molecule has 0 saturated carbocycles. The molecule has 0 bridgehead atoms. The van der Waals surface area contributed by atoms with E-state index in [0.717, 1.165) is 5.56 Å². The first-order chi connectivity index (χ1) is 8.99. The van der Waals surface area contributed by atoms with Crippen molar-refractivity contribution < 1.29 is 12.6 Å². The Hall–Kier alpha value is -1.46. The summed E-state index contributed by atoms with van der Waals surface area (Å²) < 4.78 is 36.3. The van der Waals surface area contributed by atoms with Gasteiger partial charge in [0, 0.05) is 4.90 Å². The molecule has 0 aliphatic rings. The van der Waals surface area contributed by atoms with Crippen LogP contribution in [0.15, 0.2) is 64.4 Å². The molecule has 2 aromatic rings. The van der Waals surface area contributed by atoms with E-state index in [1.807, 2.05) is 19.1 Å². The number of hydrogen-bond acceptors (Lipinski definition) is 3. The van der Waals surface area contributed by atoms with Crippen molar-refractivity contribution in [3.05, 3.63) is 60.2 Å². The molecule has 0 aromatic heterocycles. The Morgan fingerprint density at radius 3 is 2.11 bits per heavy atom. The van der Waals surface area contributed by atoms with Gasteiger partial charge in [0.05, 0.1) is 15.7 Å². The molecule has 0 aliphatic heterocycles. The molecular formula is C14H14O3S2. The molecule has 1 atom stereocenters. The smallest absolute Gasteiger partial charge is 0.190 e. The van der Waals surface area contributed by atoms with Crippen LogP contribution >= 0.6 is 0 Å². The van der Waals surface area contributed by atoms with Crippen molar-refractivity contribution in [1.29, 1.82) is 0 Å². The number of benzene rings is 2. The second-order valence-electron chi connectivity index (χ2n) is 4.20. The van der Waals surface area contributed by atoms with Gasteiger partial charge in [-0.2, -0.15) is 0 Å². The molecule has 0 aliphatic carbocycles. The summed E-state index contributed by atoms with van der Waals surface area (Å²) in [4.78, 5) is 0.737. The van der Waals surface area contributed by atoms with E-state index < -0.39 is 20.6 Å². The summed E-state index contributed by atoms with van der Waals surface area (Å²) in [5, 5.41) is -0.389. The maximum absolute atomic E-state index is 12.1. The molecular weight excluding hydrogens is 280 g/mol. The van der Waals surface area contributed by atoms with Gasteiger partial charge in [0.15, 0.2) is 9.84 Å². The van der Waals surface area contributed by atoms with Crippen LogP contribution in [0.1, 0.15) is 5.56 Å². The molecule has 0 N–H and O–H groups in total. The minimum Gasteiger partial charge on any atom is -0.253 e. The van der Waals surface area contributed by atoms with E-state index in [2.05, 4.69) is 0 Å². The van der Waals surface area contributed by atoms with Gasteiger partial charge >= 0.3 is 0 Å². The van der Waals surface area contributed by atoms with E-state index in [-0.39, 0.29) is 9.98 Å². The number of rotatable bonds is 4. The highest BCUT2D eigenvalue weighted by Gasteiger charge is 2.18. The fraction of sp³-hybridized carbons (Fsp3) is 0.143. The third-order valence-electron chi connectivity index (χ3n) is 2.65. The molecule has 2 aromatic carbocycles. The quantitative estimate of drug-likeness (QED) is 0.870. The summed E-state index contributed by atoms with van der Waals surface area (Å²) >= 11 is 0. The normalized spacial score (nSPS) is 13.1. The van der Waals surface area contributed by atoms with Gasteiger partial charge in [-0.3, -0.25) is 4.21 Å². The van der Waals surface area contributed by atoms with Gasteiger partial charge in [0.25, 0.3) is 0 Å². The lowest BCUT2D eigenvalue weighted by Crippen LogP contribution is -2.11. The molecule has 0 amide bonds. The van der Waals surface area contributed by atoms with E-state index in [9.17, 15) is 12.6 Å². The first-order valence-electron chi connectivity index (χ1n) is 5.72. The zero-order valence-corrected chi connectivity index (χ0v) is 12.1. The highest BCUT2D eigenvalue weighted by Crippen LogP contribution is 2.15. The van der Waals surface area contributed by atoms with Crippen molar-refractivity contribution >= 4 is 20.6 Å². The summed E-state index contributed by atoms with van der Waals surface area (Å²) in [6.45, 7) is 1.92. The van der Waals surface area contributed by atoms with Crippen LogP contribution in [-0.2, 0) is 20.6 Å². The molecule has 0 radical (unpaired) electrons. The lowest BCUT2D eigenvalue weighted by molar-refractivity contribution is 0.600. The maximum atomic E-state index is 12.1. The second-order valence-corrected chi connectivity index (χ2v) is 8.01. The fourth-order valence-electron chi connectivity index (χ4n) is 1.59. The van der Waals surface area contributed by atoms with Crippen LogP contribution in [0, 0.1) is 6.92 Å². The van der Waals surface area contributed by atoms with Crippen molar-refractivity contribution in [3.8, 4) is 0 Å². The average Bonchev–Trinajstić information content (AvgIpc) is 2.40. The Kier molecular flexibility index (Phi) is 4.17. The van der Waals surface area contributed by atoms with E-state index in [1.54, 1.807) is 30.3 Å². The van der Waals surface area contributed by atoms with Gasteiger partial charge < -0.3 is 0 Å². The highest BCUT2D eigenvalue weighted by molar-refractivity contribution is 8.05. The fourth-order valence-corrected chi connectivity index (χ4v) is 4.82. The molecule has 0 saturated heterocycles. The van der Waals surface area contributed by atoms with Crippen molar-refractivity contribution in [1.82, 2.24) is 0 Å². The molecule has 100 valence electrons. The summed E-state index contributed by atoms with van der Waals surface area (Å²) in [6, 6.07) is 15.1. The van der Waals surface area contributed by atoms with Gasteiger partial charge in [-0.25, -0.2) is 8.42 Å². The molecule has 3 nitrogen and oxygen atoms in total. The van der Waals surface area contributed by atoms with Crippen molar-refractivity contribution in [2.24, 2.45) is 0 Å². The number of aryl methyl sites for hydroxylation is 1. The summed E-state index contributed by atoms with van der Waals surface area (Å²) in [7, 11) is -5.07. The third kappa shape index (κ3) is 3.52. The Balaban J connectivity index is 2.22. The van der Waals surface area contributed by atoms with Crippen molar-refractivity contribution in [2.75, 3.05) is 5.08 Å². The predicted molar refractivity (Wildman–Crippen MR) is 76.1 cm³/mol. The predicted octanol–water partition coefficient (Wildman–Crippen LogP) is 2.53. The molecule has 19 heavy (non-hydrogen) atoms. The first-order valence-corrected chi connectivity index (χ1v) is 8.69. The van der Waals surface area contributed by atoms with Crippen LogP contribution in [0.25, 0.3) is 0 Å². The summed E-state index contributed by atoms with van der Waals surface area (Å²) in [5.41, 5.74) is 1.05. The van der Waals surface area contributed by atoms with Crippen LogP contribution in [0.2, 0.25) is 0 Å². The van der Waals surface area contributed by atoms with Crippen LogP contribution in [0.3, 0.4) is 0 Å². The molecule has 0 heterocycles. The zero-order valence-electron chi connectivity index (χ0n) is 10.4. The standard InChI is InChI=1S/C14H14O3S2/c1-12-7-9-13(10-8-12)18(15)11-19(16,17)14-5-3-2-4-6-14/h2-10H,11H2,1H3. The lowest BCUT2D eigenvalue weighted by Gasteiger charge is -2.05. The van der Waals surface area contributed by atoms with Gasteiger partial charge in [-0.05, 0) is 31.2 Å². The van der Waals surface area contributed by atoms with Gasteiger partial charge in [-0.15, -0.1) is 0 Å². The highest BCUT2D eigenvalue weighted by atomic mass is 32.3. The first kappa shape index (κ1) is 14.0. The monoisotopic (exact) mass is 294 g/mol. The number of sulfone groups is 1. The minimum atomic E-state index is -3.52. The largest absolute Gasteiger partial charge is 0.253 e. The van der Waals surface area contributed by atoms with Gasteiger partial charge in [0.1, 0.15) is 5.08 Å². The molecule has 5 heteroatoms. The lowest BCUT2D eigenvalue weighted by atomic mass is 10.2. The minimum absolute atomic E-state index is 0.204. The Morgan fingerprint density at radius 2 is 1.53 bits per heavy atom. The van der Waals surface area contributed by atoms with E-state index >= 15 is 0 Å². The van der Waals surface area contributed by atoms with Gasteiger partial charge in [0.2, 0.25) is 0 Å². The van der Waals surface area contributed by atoms with Crippen molar-refractivity contribution in [2.45, 2.75) is 16.7 Å². The number of hydrogen-bond donors (Lipinski definition) is 0. The van der Waals surface area contributed by atoms with Crippen molar-refractivity contribution in [3.63, 3.8) is 0 Å². The van der Waals surface area contributed by atoms with Gasteiger partial charge in [-0.1, -0.05) is 35.9 Å². The van der Waals surface area contributed by atoms with E-state index in [0.29, 0.717) is 4.90 Å². The topological polar surface area (TPSA) is 51.2 Å². The SMILES string of the molecule is Cc1ccc(S(=O)CS(=O)(=O)c2ccccc2)cc1. The maximum Gasteiger partial charge on any atom is 0.190 e. The molecule has 2 rings (SSSR count). The van der Waals surface area contributed by atoms with E-state index in [1.165, 1.54) is 12.1 Å². The third-order valence-corrected chi connectivity index (χ3v) is 6.53. The molecule has 0 fully saturated rings. The van der Waals surface area contributed by atoms with E-state index in [4.69, 9.17) is 0 Å². The van der Waals surface area contributed by atoms with Crippen LogP contribution in [-0.4, -0.2) is 17.7 Å². The summed E-state index contributed by atoms with van der Waals surface area (Å²) in [5.74, 6) is 0. The summed E-state index contributed by atoms with van der Waals surface area (Å²) in [6.07, 6.45) is 0. The second kappa shape index (κ2) is 5.67. The Labute approximate surface area is 115 Å².